The number of rotatable bonds is 6. The lowest BCUT2D eigenvalue weighted by atomic mass is 10.3. The number of ether oxygens (including phenoxy) is 1. The minimum Gasteiger partial charge on any atom is -0.381 e. The number of halogens is 1. The summed E-state index contributed by atoms with van der Waals surface area (Å²) in [5.41, 5.74) is 1.50. The zero-order chi connectivity index (χ0) is 12.7. The summed E-state index contributed by atoms with van der Waals surface area (Å²) >= 11 is 5.79. The first-order valence-electron chi connectivity index (χ1n) is 5.63. The van der Waals surface area contributed by atoms with Crippen LogP contribution in [0.4, 0.5) is 5.69 Å². The van der Waals surface area contributed by atoms with Crippen molar-refractivity contribution in [2.24, 2.45) is 0 Å². The Hall–Kier alpha value is -1.13. The Bertz CT molecular complexity index is 383. The fourth-order valence-electron chi connectivity index (χ4n) is 1.26. The van der Waals surface area contributed by atoms with Crippen LogP contribution in [0.15, 0.2) is 12.3 Å². The van der Waals surface area contributed by atoms with Crippen LogP contribution in [0.2, 0.25) is 5.15 Å². The molecule has 0 unspecified atom stereocenters. The van der Waals surface area contributed by atoms with E-state index in [0.29, 0.717) is 30.5 Å². The molecule has 1 amide bonds. The number of anilines is 1. The molecule has 0 aliphatic rings. The molecule has 1 aromatic heterocycles. The van der Waals surface area contributed by atoms with Gasteiger partial charge in [-0.2, -0.15) is 0 Å². The Kier molecular flexibility index (Phi) is 5.94. The quantitative estimate of drug-likeness (QED) is 0.629. The van der Waals surface area contributed by atoms with Gasteiger partial charge in [-0.05, 0) is 25.0 Å². The summed E-state index contributed by atoms with van der Waals surface area (Å²) in [6, 6.07) is 1.79. The third-order valence-electron chi connectivity index (χ3n) is 2.12. The molecule has 0 atom stereocenters. The summed E-state index contributed by atoms with van der Waals surface area (Å²) in [7, 11) is 0. The predicted octanol–water partition coefficient (Wildman–Crippen LogP) is 2.80. The van der Waals surface area contributed by atoms with E-state index in [2.05, 4.69) is 10.3 Å². The standard InChI is InChI=1S/C12H17ClN2O2/c1-3-5-17-6-4-11(16)15-10-7-9(2)12(13)14-8-10/h7-8H,3-6H2,1-2H3,(H,15,16). The van der Waals surface area contributed by atoms with Gasteiger partial charge in [-0.25, -0.2) is 4.98 Å². The fourth-order valence-corrected chi connectivity index (χ4v) is 1.36. The zero-order valence-electron chi connectivity index (χ0n) is 10.1. The van der Waals surface area contributed by atoms with Crippen LogP contribution in [0.3, 0.4) is 0 Å². The van der Waals surface area contributed by atoms with Gasteiger partial charge >= 0.3 is 0 Å². The molecule has 0 saturated heterocycles. The molecule has 0 aromatic carbocycles. The van der Waals surface area contributed by atoms with Crippen molar-refractivity contribution in [1.29, 1.82) is 0 Å². The monoisotopic (exact) mass is 256 g/mol. The average molecular weight is 257 g/mol. The highest BCUT2D eigenvalue weighted by atomic mass is 35.5. The molecule has 0 saturated carbocycles. The SMILES string of the molecule is CCCOCCC(=O)Nc1cnc(Cl)c(C)c1. The summed E-state index contributed by atoms with van der Waals surface area (Å²) < 4.78 is 5.24. The molecule has 94 valence electrons. The summed E-state index contributed by atoms with van der Waals surface area (Å²) in [4.78, 5) is 15.5. The number of nitrogens with one attached hydrogen (secondary N) is 1. The molecular weight excluding hydrogens is 240 g/mol. The number of aromatic nitrogens is 1. The van der Waals surface area contributed by atoms with Crippen molar-refractivity contribution in [3.8, 4) is 0 Å². The minimum atomic E-state index is -0.0791. The highest BCUT2D eigenvalue weighted by Crippen LogP contribution is 2.16. The van der Waals surface area contributed by atoms with E-state index in [1.807, 2.05) is 13.8 Å². The molecular formula is C12H17ClN2O2. The number of carbonyl (C=O) groups excluding carboxylic acids is 1. The number of amides is 1. The third-order valence-corrected chi connectivity index (χ3v) is 2.52. The van der Waals surface area contributed by atoms with Crippen molar-refractivity contribution in [1.82, 2.24) is 4.98 Å². The van der Waals surface area contributed by atoms with Gasteiger partial charge in [0.25, 0.3) is 0 Å². The van der Waals surface area contributed by atoms with E-state index in [4.69, 9.17) is 16.3 Å². The molecule has 4 nitrogen and oxygen atoms in total. The molecule has 0 aliphatic carbocycles. The molecule has 0 spiro atoms. The van der Waals surface area contributed by atoms with Crippen LogP contribution in [0, 0.1) is 6.92 Å². The van der Waals surface area contributed by atoms with Gasteiger partial charge in [0, 0.05) is 6.61 Å². The molecule has 1 aromatic rings. The van der Waals surface area contributed by atoms with Crippen LogP contribution in [-0.2, 0) is 9.53 Å². The van der Waals surface area contributed by atoms with E-state index < -0.39 is 0 Å². The smallest absolute Gasteiger partial charge is 0.226 e. The Balaban J connectivity index is 2.37. The lowest BCUT2D eigenvalue weighted by Gasteiger charge is -2.06. The normalized spacial score (nSPS) is 10.3. The minimum absolute atomic E-state index is 0.0791. The Morgan fingerprint density at radius 2 is 2.29 bits per heavy atom. The molecule has 17 heavy (non-hydrogen) atoms. The van der Waals surface area contributed by atoms with Crippen molar-refractivity contribution in [3.63, 3.8) is 0 Å². The number of carbonyl (C=O) groups is 1. The van der Waals surface area contributed by atoms with Crippen LogP contribution in [0.1, 0.15) is 25.3 Å². The van der Waals surface area contributed by atoms with Gasteiger partial charge < -0.3 is 10.1 Å². The lowest BCUT2D eigenvalue weighted by Crippen LogP contribution is -2.14. The maximum absolute atomic E-state index is 11.5. The van der Waals surface area contributed by atoms with Gasteiger partial charge in [0.1, 0.15) is 5.15 Å². The van der Waals surface area contributed by atoms with Gasteiger partial charge in [-0.3, -0.25) is 4.79 Å². The van der Waals surface area contributed by atoms with E-state index >= 15 is 0 Å². The maximum Gasteiger partial charge on any atom is 0.226 e. The van der Waals surface area contributed by atoms with Crippen molar-refractivity contribution >= 4 is 23.2 Å². The van der Waals surface area contributed by atoms with Gasteiger partial charge in [0.15, 0.2) is 0 Å². The first kappa shape index (κ1) is 13.9. The predicted molar refractivity (Wildman–Crippen MR) is 68.3 cm³/mol. The lowest BCUT2D eigenvalue weighted by molar-refractivity contribution is -0.117. The van der Waals surface area contributed by atoms with E-state index in [-0.39, 0.29) is 5.91 Å². The van der Waals surface area contributed by atoms with Crippen molar-refractivity contribution < 1.29 is 9.53 Å². The molecule has 1 N–H and O–H groups in total. The summed E-state index contributed by atoms with van der Waals surface area (Å²) in [5.74, 6) is -0.0791. The number of nitrogens with zero attached hydrogens (tertiary/aromatic N) is 1. The van der Waals surface area contributed by atoms with Gasteiger partial charge in [-0.15, -0.1) is 0 Å². The average Bonchev–Trinajstić information content (AvgIpc) is 2.30. The maximum atomic E-state index is 11.5. The second-order valence-electron chi connectivity index (χ2n) is 3.74. The van der Waals surface area contributed by atoms with Gasteiger partial charge in [-0.1, -0.05) is 18.5 Å². The van der Waals surface area contributed by atoms with Crippen molar-refractivity contribution in [3.05, 3.63) is 23.0 Å². The highest BCUT2D eigenvalue weighted by molar-refractivity contribution is 6.30. The van der Waals surface area contributed by atoms with Gasteiger partial charge in [0.2, 0.25) is 5.91 Å². The van der Waals surface area contributed by atoms with Crippen LogP contribution in [0.5, 0.6) is 0 Å². The molecule has 0 aliphatic heterocycles. The molecule has 1 rings (SSSR count). The fraction of sp³-hybridized carbons (Fsp3) is 0.500. The number of pyridine rings is 1. The van der Waals surface area contributed by atoms with Crippen molar-refractivity contribution in [2.45, 2.75) is 26.7 Å². The third kappa shape index (κ3) is 5.15. The van der Waals surface area contributed by atoms with E-state index in [0.717, 1.165) is 12.0 Å². The van der Waals surface area contributed by atoms with Crippen molar-refractivity contribution in [2.75, 3.05) is 18.5 Å². The summed E-state index contributed by atoms with van der Waals surface area (Å²) in [5, 5.41) is 3.20. The van der Waals surface area contributed by atoms with Crippen LogP contribution in [0.25, 0.3) is 0 Å². The Morgan fingerprint density at radius 1 is 1.53 bits per heavy atom. The first-order chi connectivity index (χ1) is 8.13. The highest BCUT2D eigenvalue weighted by Gasteiger charge is 2.04. The number of hydrogen-bond donors (Lipinski definition) is 1. The zero-order valence-corrected chi connectivity index (χ0v) is 10.9. The second kappa shape index (κ2) is 7.25. The molecule has 0 radical (unpaired) electrons. The largest absolute Gasteiger partial charge is 0.381 e. The Labute approximate surface area is 106 Å². The number of aryl methyl sites for hydroxylation is 1. The van der Waals surface area contributed by atoms with Crippen LogP contribution in [-0.4, -0.2) is 24.1 Å². The van der Waals surface area contributed by atoms with E-state index in [1.165, 1.54) is 0 Å². The number of hydrogen-bond acceptors (Lipinski definition) is 3. The Morgan fingerprint density at radius 3 is 2.94 bits per heavy atom. The first-order valence-corrected chi connectivity index (χ1v) is 6.01. The molecule has 0 bridgehead atoms. The summed E-state index contributed by atoms with van der Waals surface area (Å²) in [6.07, 6.45) is 2.85. The molecule has 5 heteroatoms. The summed E-state index contributed by atoms with van der Waals surface area (Å²) in [6.45, 7) is 5.01. The van der Waals surface area contributed by atoms with Crippen LogP contribution < -0.4 is 5.32 Å². The van der Waals surface area contributed by atoms with E-state index in [1.54, 1.807) is 12.3 Å². The van der Waals surface area contributed by atoms with E-state index in [9.17, 15) is 4.79 Å². The molecule has 0 fully saturated rings. The van der Waals surface area contributed by atoms with Gasteiger partial charge in [0.05, 0.1) is 24.9 Å². The topological polar surface area (TPSA) is 51.2 Å². The van der Waals surface area contributed by atoms with Crippen LogP contribution >= 0.6 is 11.6 Å². The second-order valence-corrected chi connectivity index (χ2v) is 4.10. The molecule has 1 heterocycles.